The molecule has 2 heterocycles. The molecule has 1 aliphatic carbocycles. The second kappa shape index (κ2) is 12.6. The average molecular weight is 576 g/mol. The first kappa shape index (κ1) is 27.7. The van der Waals surface area contributed by atoms with Crippen molar-refractivity contribution >= 4 is 34.0 Å². The van der Waals surface area contributed by atoms with Crippen LogP contribution in [0.1, 0.15) is 31.2 Å². The van der Waals surface area contributed by atoms with E-state index in [1.807, 2.05) is 30.3 Å². The lowest BCUT2D eigenvalue weighted by molar-refractivity contribution is 0.0590. The zero-order valence-electron chi connectivity index (χ0n) is 23.2. The van der Waals surface area contributed by atoms with E-state index in [9.17, 15) is 4.39 Å². The minimum Gasteiger partial charge on any atom is -0.490 e. The van der Waals surface area contributed by atoms with Gasteiger partial charge in [0.2, 0.25) is 0 Å². The van der Waals surface area contributed by atoms with Crippen LogP contribution in [0.2, 0.25) is 5.02 Å². The van der Waals surface area contributed by atoms with Crippen LogP contribution in [-0.4, -0.2) is 65.1 Å². The van der Waals surface area contributed by atoms with Gasteiger partial charge in [0.15, 0.2) is 0 Å². The Morgan fingerprint density at radius 3 is 2.51 bits per heavy atom. The summed E-state index contributed by atoms with van der Waals surface area (Å²) in [5, 5.41) is 4.69. The molecule has 2 fully saturated rings. The molecule has 3 aromatic carbocycles. The van der Waals surface area contributed by atoms with Gasteiger partial charge in [-0.05, 0) is 80.8 Å². The van der Waals surface area contributed by atoms with E-state index in [4.69, 9.17) is 21.1 Å². The molecule has 0 radical (unpaired) electrons. The lowest BCUT2D eigenvalue weighted by Crippen LogP contribution is -2.50. The van der Waals surface area contributed by atoms with Gasteiger partial charge in [0.05, 0.1) is 22.0 Å². The highest BCUT2D eigenvalue weighted by Gasteiger charge is 2.29. The Balaban J connectivity index is 1.13. The fraction of sp³-hybridized carbons (Fsp3) is 0.375. The van der Waals surface area contributed by atoms with Crippen molar-refractivity contribution in [2.45, 2.75) is 44.4 Å². The fourth-order valence-corrected chi connectivity index (χ4v) is 6.02. The highest BCUT2D eigenvalue weighted by Crippen LogP contribution is 2.36. The summed E-state index contributed by atoms with van der Waals surface area (Å²) >= 11 is 6.54. The number of hydrogen-bond donors (Lipinski definition) is 1. The van der Waals surface area contributed by atoms with E-state index in [1.165, 1.54) is 12.1 Å². The highest BCUT2D eigenvalue weighted by molar-refractivity contribution is 6.32. The molecule has 0 spiro atoms. The van der Waals surface area contributed by atoms with Gasteiger partial charge in [-0.15, -0.1) is 0 Å². The number of ether oxygens (including phenoxy) is 2. The lowest BCUT2D eigenvalue weighted by Gasteiger charge is -2.41. The van der Waals surface area contributed by atoms with Crippen molar-refractivity contribution < 1.29 is 13.9 Å². The summed E-state index contributed by atoms with van der Waals surface area (Å²) in [5.74, 6) is 1.66. The van der Waals surface area contributed by atoms with Crippen molar-refractivity contribution in [2.75, 3.05) is 38.5 Å². The highest BCUT2D eigenvalue weighted by atomic mass is 35.5. The molecule has 1 aromatic heterocycles. The van der Waals surface area contributed by atoms with E-state index >= 15 is 0 Å². The Morgan fingerprint density at radius 2 is 1.73 bits per heavy atom. The van der Waals surface area contributed by atoms with Gasteiger partial charge in [0.25, 0.3) is 0 Å². The molecule has 41 heavy (non-hydrogen) atoms. The van der Waals surface area contributed by atoms with Gasteiger partial charge in [-0.1, -0.05) is 29.8 Å². The van der Waals surface area contributed by atoms with Gasteiger partial charge in [-0.3, -0.25) is 4.90 Å². The summed E-state index contributed by atoms with van der Waals surface area (Å²) in [6.07, 6.45) is 6.11. The van der Waals surface area contributed by atoms with E-state index in [0.29, 0.717) is 22.6 Å². The van der Waals surface area contributed by atoms with Crippen LogP contribution >= 0.6 is 11.6 Å². The minimum absolute atomic E-state index is 0.168. The van der Waals surface area contributed by atoms with E-state index in [-0.39, 0.29) is 18.5 Å². The topological polar surface area (TPSA) is 62.8 Å². The van der Waals surface area contributed by atoms with Crippen molar-refractivity contribution in [3.05, 3.63) is 83.4 Å². The summed E-state index contributed by atoms with van der Waals surface area (Å²) in [4.78, 5) is 14.1. The molecule has 1 N–H and O–H groups in total. The summed E-state index contributed by atoms with van der Waals surface area (Å²) in [5.41, 5.74) is 2.30. The maximum atomic E-state index is 13.5. The van der Waals surface area contributed by atoms with Gasteiger partial charge in [-0.2, -0.15) is 0 Å². The third-order valence-electron chi connectivity index (χ3n) is 8.09. The molecule has 0 unspecified atom stereocenters. The molecule has 0 amide bonds. The zero-order chi connectivity index (χ0) is 28.2. The second-order valence-corrected chi connectivity index (χ2v) is 11.4. The van der Waals surface area contributed by atoms with Crippen molar-refractivity contribution in [3.8, 4) is 11.5 Å². The number of piperazine rings is 1. The molecular weight excluding hydrogens is 541 g/mol. The Kier molecular flexibility index (Phi) is 8.51. The number of halogens is 2. The Labute approximate surface area is 245 Å². The standard InChI is InChI=1S/C32H35ClFN5O2/c1-38-14-16-39(17-15-38)25-9-11-26(12-10-25)41-30-7-3-6-28-31(30)32(36-21-35-28)37-24-8-13-29(27(33)19-24)40-20-22-4-2-5-23(34)18-22/h2-8,13,18-19,21,25-26H,9-12,14-17,20H2,1H3,(H,35,36,37). The van der Waals surface area contributed by atoms with E-state index in [0.717, 1.165) is 79.8 Å². The van der Waals surface area contributed by atoms with Crippen molar-refractivity contribution in [2.24, 2.45) is 0 Å². The first-order valence-corrected chi connectivity index (χ1v) is 14.7. The number of nitrogens with one attached hydrogen (secondary N) is 1. The fourth-order valence-electron chi connectivity index (χ4n) is 5.79. The van der Waals surface area contributed by atoms with Crippen LogP contribution in [0.15, 0.2) is 67.0 Å². The van der Waals surface area contributed by atoms with Crippen LogP contribution in [0.25, 0.3) is 10.9 Å². The third-order valence-corrected chi connectivity index (χ3v) is 8.39. The van der Waals surface area contributed by atoms with Gasteiger partial charge in [0.1, 0.15) is 36.1 Å². The molecule has 0 bridgehead atoms. The van der Waals surface area contributed by atoms with Gasteiger partial charge in [0, 0.05) is 37.9 Å². The molecular formula is C32H35ClFN5O2. The molecule has 1 saturated heterocycles. The maximum absolute atomic E-state index is 13.5. The van der Waals surface area contributed by atoms with Crippen molar-refractivity contribution in [3.63, 3.8) is 0 Å². The normalized spacial score (nSPS) is 20.2. The summed E-state index contributed by atoms with van der Waals surface area (Å²) in [7, 11) is 2.20. The van der Waals surface area contributed by atoms with E-state index < -0.39 is 0 Å². The van der Waals surface area contributed by atoms with Crippen LogP contribution in [0.5, 0.6) is 11.5 Å². The number of benzene rings is 3. The van der Waals surface area contributed by atoms with E-state index in [1.54, 1.807) is 24.5 Å². The van der Waals surface area contributed by atoms with Crippen molar-refractivity contribution in [1.29, 1.82) is 0 Å². The maximum Gasteiger partial charge on any atom is 0.145 e. The third kappa shape index (κ3) is 6.72. The quantitative estimate of drug-likeness (QED) is 0.251. The smallest absolute Gasteiger partial charge is 0.145 e. The molecule has 2 aliphatic rings. The first-order chi connectivity index (χ1) is 20.0. The minimum atomic E-state index is -0.296. The van der Waals surface area contributed by atoms with Crippen LogP contribution < -0.4 is 14.8 Å². The predicted molar refractivity (Wildman–Crippen MR) is 161 cm³/mol. The van der Waals surface area contributed by atoms with Gasteiger partial charge in [-0.25, -0.2) is 14.4 Å². The van der Waals surface area contributed by atoms with Crippen molar-refractivity contribution in [1.82, 2.24) is 19.8 Å². The number of fused-ring (bicyclic) bond motifs is 1. The molecule has 4 aromatic rings. The van der Waals surface area contributed by atoms with Crippen LogP contribution in [0.4, 0.5) is 15.9 Å². The van der Waals surface area contributed by atoms with Crippen LogP contribution in [0, 0.1) is 5.82 Å². The summed E-state index contributed by atoms with van der Waals surface area (Å²) in [6, 6.07) is 18.4. The molecule has 0 atom stereocenters. The number of nitrogens with zero attached hydrogens (tertiary/aromatic N) is 4. The van der Waals surface area contributed by atoms with Crippen LogP contribution in [-0.2, 0) is 6.61 Å². The largest absolute Gasteiger partial charge is 0.490 e. The zero-order valence-corrected chi connectivity index (χ0v) is 24.0. The Morgan fingerprint density at radius 1 is 0.927 bits per heavy atom. The molecule has 1 saturated carbocycles. The number of hydrogen-bond acceptors (Lipinski definition) is 7. The SMILES string of the molecule is CN1CCN(C2CCC(Oc3cccc4ncnc(Nc5ccc(OCc6cccc(F)c6)c(Cl)c5)c34)CC2)CC1. The summed E-state index contributed by atoms with van der Waals surface area (Å²) in [6.45, 7) is 4.84. The Hall–Kier alpha value is -3.46. The molecule has 9 heteroatoms. The average Bonchev–Trinajstić information content (AvgIpc) is 2.98. The molecule has 1 aliphatic heterocycles. The lowest BCUT2D eigenvalue weighted by atomic mass is 9.91. The molecule has 214 valence electrons. The van der Waals surface area contributed by atoms with E-state index in [2.05, 4.69) is 32.1 Å². The first-order valence-electron chi connectivity index (χ1n) is 14.3. The second-order valence-electron chi connectivity index (χ2n) is 10.9. The van der Waals surface area contributed by atoms with Gasteiger partial charge < -0.3 is 19.7 Å². The summed E-state index contributed by atoms with van der Waals surface area (Å²) < 4.78 is 25.9. The Bertz CT molecular complexity index is 1480. The molecule has 7 nitrogen and oxygen atoms in total. The number of likely N-dealkylation sites (N-methyl/N-ethyl adjacent to an activating group) is 1. The number of aromatic nitrogens is 2. The monoisotopic (exact) mass is 575 g/mol. The van der Waals surface area contributed by atoms with Crippen LogP contribution in [0.3, 0.4) is 0 Å². The predicted octanol–water partition coefficient (Wildman–Crippen LogP) is 6.68. The molecule has 6 rings (SSSR count). The number of rotatable bonds is 8. The number of anilines is 2. The van der Waals surface area contributed by atoms with Gasteiger partial charge >= 0.3 is 0 Å².